The minimum Gasteiger partial charge on any atom is -0.352 e. The molecule has 2 heterocycles. The zero-order valence-electron chi connectivity index (χ0n) is 15.1. The number of nitriles is 1. The van der Waals surface area contributed by atoms with Crippen LogP contribution in [0, 0.1) is 11.3 Å². The first-order valence-corrected chi connectivity index (χ1v) is 8.58. The van der Waals surface area contributed by atoms with Crippen molar-refractivity contribution in [2.24, 2.45) is 0 Å². The van der Waals surface area contributed by atoms with Gasteiger partial charge in [0, 0.05) is 18.9 Å². The van der Waals surface area contributed by atoms with E-state index in [0.29, 0.717) is 35.5 Å². The lowest BCUT2D eigenvalue weighted by Crippen LogP contribution is -2.23. The molecule has 1 aliphatic rings. The summed E-state index contributed by atoms with van der Waals surface area (Å²) in [6.45, 7) is 4.26. The Morgan fingerprint density at radius 3 is 2.93 bits per heavy atom. The number of nitrogens with one attached hydrogen (secondary N) is 2. The number of amides is 1. The van der Waals surface area contributed by atoms with Crippen molar-refractivity contribution in [2.45, 2.75) is 20.3 Å². The molecule has 0 unspecified atom stereocenters. The molecule has 1 amide bonds. The van der Waals surface area contributed by atoms with E-state index in [-0.39, 0.29) is 11.5 Å². The van der Waals surface area contributed by atoms with Crippen molar-refractivity contribution in [3.63, 3.8) is 0 Å². The molecule has 0 radical (unpaired) electrons. The summed E-state index contributed by atoms with van der Waals surface area (Å²) in [6.07, 6.45) is 9.03. The van der Waals surface area contributed by atoms with Crippen molar-refractivity contribution in [3.8, 4) is 11.9 Å². The summed E-state index contributed by atoms with van der Waals surface area (Å²) >= 11 is 0. The van der Waals surface area contributed by atoms with Crippen LogP contribution in [-0.4, -0.2) is 27.2 Å². The zero-order chi connectivity index (χ0) is 19.4. The van der Waals surface area contributed by atoms with Gasteiger partial charge in [0.2, 0.25) is 0 Å². The fourth-order valence-corrected chi connectivity index (χ4v) is 2.90. The van der Waals surface area contributed by atoms with Crippen LogP contribution in [0.5, 0.6) is 0 Å². The number of rotatable bonds is 4. The molecule has 1 aliphatic carbocycles. The quantitative estimate of drug-likeness (QED) is 0.873. The summed E-state index contributed by atoms with van der Waals surface area (Å²) in [5.74, 6) is 0.192. The molecule has 0 aromatic carbocycles. The molecule has 2 aromatic heterocycles. The lowest BCUT2D eigenvalue weighted by atomic mass is 10.0. The maximum Gasteiger partial charge on any atom is 0.280 e. The van der Waals surface area contributed by atoms with Gasteiger partial charge in [-0.3, -0.25) is 14.7 Å². The number of allylic oxidation sites excluding steroid dienone is 6. The predicted octanol–water partition coefficient (Wildman–Crippen LogP) is 2.49. The number of carbonyl (C=O) groups is 1. The molecule has 0 spiro atoms. The SMILES string of the molecule is CCNC(=O)c1ccc(-n2[nH]cc(C3=C(C)C=C(C#N)C=CC3)c2=O)nc1. The highest BCUT2D eigenvalue weighted by Gasteiger charge is 2.16. The molecule has 7 heteroatoms. The molecule has 0 saturated heterocycles. The van der Waals surface area contributed by atoms with Gasteiger partial charge in [0.05, 0.1) is 22.8 Å². The molecule has 7 nitrogen and oxygen atoms in total. The summed E-state index contributed by atoms with van der Waals surface area (Å²) in [6, 6.07) is 5.37. The highest BCUT2D eigenvalue weighted by Crippen LogP contribution is 2.25. The molecule has 0 saturated carbocycles. The van der Waals surface area contributed by atoms with Gasteiger partial charge in [0.15, 0.2) is 5.82 Å². The van der Waals surface area contributed by atoms with Crippen LogP contribution < -0.4 is 10.9 Å². The Balaban J connectivity index is 1.96. The third-order valence-corrected chi connectivity index (χ3v) is 4.27. The van der Waals surface area contributed by atoms with E-state index in [9.17, 15) is 9.59 Å². The highest BCUT2D eigenvalue weighted by atomic mass is 16.1. The number of nitrogens with zero attached hydrogens (tertiary/aromatic N) is 3. The summed E-state index contributed by atoms with van der Waals surface area (Å²) in [5, 5.41) is 14.7. The lowest BCUT2D eigenvalue weighted by molar-refractivity contribution is 0.0955. The first-order chi connectivity index (χ1) is 13.0. The molecule has 136 valence electrons. The number of H-pyrrole nitrogens is 1. The Hall–Kier alpha value is -3.66. The third kappa shape index (κ3) is 3.65. The van der Waals surface area contributed by atoms with Gasteiger partial charge >= 0.3 is 0 Å². The summed E-state index contributed by atoms with van der Waals surface area (Å²) in [4.78, 5) is 28.9. The number of carbonyl (C=O) groups excluding carboxylic acids is 1. The molecular formula is C20H19N5O2. The second-order valence-electron chi connectivity index (χ2n) is 6.07. The molecule has 2 aromatic rings. The van der Waals surface area contributed by atoms with Crippen LogP contribution in [-0.2, 0) is 0 Å². The first kappa shape index (κ1) is 18.1. The molecule has 2 N–H and O–H groups in total. The molecule has 0 aliphatic heterocycles. The highest BCUT2D eigenvalue weighted by molar-refractivity contribution is 5.93. The summed E-state index contributed by atoms with van der Waals surface area (Å²) < 4.78 is 1.33. The van der Waals surface area contributed by atoms with E-state index in [0.717, 1.165) is 11.1 Å². The van der Waals surface area contributed by atoms with E-state index < -0.39 is 0 Å². The van der Waals surface area contributed by atoms with Gasteiger partial charge in [-0.1, -0.05) is 6.08 Å². The number of aromatic nitrogens is 3. The molecule has 0 atom stereocenters. The fraction of sp³-hybridized carbons (Fsp3) is 0.200. The Morgan fingerprint density at radius 2 is 2.26 bits per heavy atom. The topological polar surface area (TPSA) is 104 Å². The van der Waals surface area contributed by atoms with Crippen LogP contribution in [0.15, 0.2) is 58.7 Å². The van der Waals surface area contributed by atoms with Crippen molar-refractivity contribution < 1.29 is 4.79 Å². The maximum absolute atomic E-state index is 12.9. The van der Waals surface area contributed by atoms with Gasteiger partial charge in [-0.15, -0.1) is 0 Å². The second-order valence-corrected chi connectivity index (χ2v) is 6.07. The average molecular weight is 361 g/mol. The standard InChI is InChI=1S/C20H19N5O2/c1-3-22-19(26)15-7-8-18(23-11-15)25-20(27)17(12-24-25)16-6-4-5-14(10-21)9-13(16)2/h4-5,7-9,11-12,24H,3,6H2,1-2H3,(H,22,26). The van der Waals surface area contributed by atoms with E-state index in [2.05, 4.69) is 21.5 Å². The first-order valence-electron chi connectivity index (χ1n) is 8.58. The molecule has 0 fully saturated rings. The monoisotopic (exact) mass is 361 g/mol. The number of hydrogen-bond donors (Lipinski definition) is 2. The van der Waals surface area contributed by atoms with E-state index in [4.69, 9.17) is 5.26 Å². The fourth-order valence-electron chi connectivity index (χ4n) is 2.90. The van der Waals surface area contributed by atoms with Gasteiger partial charge in [-0.2, -0.15) is 5.26 Å². The Bertz CT molecular complexity index is 1060. The van der Waals surface area contributed by atoms with E-state index in [1.807, 2.05) is 19.9 Å². The van der Waals surface area contributed by atoms with Crippen LogP contribution in [0.2, 0.25) is 0 Å². The van der Waals surface area contributed by atoms with Crippen LogP contribution in [0.1, 0.15) is 36.2 Å². The Morgan fingerprint density at radius 1 is 1.44 bits per heavy atom. The van der Waals surface area contributed by atoms with Crippen molar-refractivity contribution in [1.82, 2.24) is 20.1 Å². The van der Waals surface area contributed by atoms with Crippen molar-refractivity contribution in [1.29, 1.82) is 5.26 Å². The summed E-state index contributed by atoms with van der Waals surface area (Å²) in [5.41, 5.74) is 3.02. The van der Waals surface area contributed by atoms with Crippen LogP contribution in [0.25, 0.3) is 11.4 Å². The molecule has 0 bridgehead atoms. The van der Waals surface area contributed by atoms with Gasteiger partial charge in [-0.25, -0.2) is 9.67 Å². The number of pyridine rings is 1. The van der Waals surface area contributed by atoms with Crippen LogP contribution >= 0.6 is 0 Å². The third-order valence-electron chi connectivity index (χ3n) is 4.27. The van der Waals surface area contributed by atoms with E-state index >= 15 is 0 Å². The van der Waals surface area contributed by atoms with Crippen LogP contribution in [0.3, 0.4) is 0 Å². The smallest absolute Gasteiger partial charge is 0.280 e. The average Bonchev–Trinajstić information content (AvgIpc) is 2.94. The second kappa shape index (κ2) is 7.70. The normalized spacial score (nSPS) is 13.7. The van der Waals surface area contributed by atoms with Crippen molar-refractivity contribution >= 4 is 11.5 Å². The molecular weight excluding hydrogens is 342 g/mol. The van der Waals surface area contributed by atoms with Crippen molar-refractivity contribution in [3.05, 3.63) is 75.4 Å². The molecule has 3 rings (SSSR count). The van der Waals surface area contributed by atoms with Gasteiger partial charge < -0.3 is 5.32 Å². The van der Waals surface area contributed by atoms with Crippen molar-refractivity contribution in [2.75, 3.05) is 6.54 Å². The minimum absolute atomic E-state index is 0.206. The summed E-state index contributed by atoms with van der Waals surface area (Å²) in [7, 11) is 0. The van der Waals surface area contributed by atoms with E-state index in [1.165, 1.54) is 10.9 Å². The largest absolute Gasteiger partial charge is 0.352 e. The number of hydrogen-bond acceptors (Lipinski definition) is 4. The van der Waals surface area contributed by atoms with Gasteiger partial charge in [0.25, 0.3) is 11.5 Å². The number of aromatic amines is 1. The van der Waals surface area contributed by atoms with E-state index in [1.54, 1.807) is 30.5 Å². The van der Waals surface area contributed by atoms with Gasteiger partial charge in [-0.05, 0) is 55.7 Å². The van der Waals surface area contributed by atoms with Gasteiger partial charge in [0.1, 0.15) is 0 Å². The minimum atomic E-state index is -0.232. The Labute approximate surface area is 156 Å². The predicted molar refractivity (Wildman–Crippen MR) is 102 cm³/mol. The molecule has 27 heavy (non-hydrogen) atoms. The van der Waals surface area contributed by atoms with Crippen LogP contribution in [0.4, 0.5) is 0 Å². The lowest BCUT2D eigenvalue weighted by Gasteiger charge is -2.05. The zero-order valence-corrected chi connectivity index (χ0v) is 15.1. The maximum atomic E-state index is 12.9. The Kier molecular flexibility index (Phi) is 5.18.